The van der Waals surface area contributed by atoms with Crippen molar-refractivity contribution in [2.75, 3.05) is 19.0 Å². The fourth-order valence-electron chi connectivity index (χ4n) is 3.71. The van der Waals surface area contributed by atoms with Crippen molar-refractivity contribution in [3.63, 3.8) is 0 Å². The Morgan fingerprint density at radius 3 is 2.76 bits per heavy atom. The van der Waals surface area contributed by atoms with Crippen LogP contribution in [0, 0.1) is 12.7 Å². The average Bonchev–Trinajstić information content (AvgIpc) is 3.18. The number of methoxy groups -OCH3 is 1. The van der Waals surface area contributed by atoms with E-state index in [1.54, 1.807) is 31.4 Å². The van der Waals surface area contributed by atoms with Gasteiger partial charge in [0.25, 0.3) is 0 Å². The van der Waals surface area contributed by atoms with E-state index >= 15 is 4.39 Å². The molecule has 0 saturated carbocycles. The Balaban J connectivity index is 1.55. The van der Waals surface area contributed by atoms with Gasteiger partial charge in [0.15, 0.2) is 17.3 Å². The second-order valence-corrected chi connectivity index (χ2v) is 7.76. The van der Waals surface area contributed by atoms with E-state index in [0.29, 0.717) is 52.3 Å². The van der Waals surface area contributed by atoms with E-state index in [4.69, 9.17) is 14.6 Å². The molecular weight excluding hydrogens is 427 g/mol. The van der Waals surface area contributed by atoms with Crippen LogP contribution in [0.4, 0.5) is 15.9 Å². The molecule has 0 spiro atoms. The predicted octanol–water partition coefficient (Wildman–Crippen LogP) is 5.33. The number of aromatic nitrogens is 3. The number of aliphatic carboxylic acids is 1. The first-order valence-corrected chi connectivity index (χ1v) is 10.7. The van der Waals surface area contributed by atoms with Crippen LogP contribution in [0.3, 0.4) is 0 Å². The SMILES string of the molecule is COc1cc2c(Nc3ccc4[nH]c(C)cc4c3F)ncnc2cc1OCCCCCC(=O)O. The number of carbonyl (C=O) groups is 1. The Morgan fingerprint density at radius 1 is 1.12 bits per heavy atom. The number of nitrogens with one attached hydrogen (secondary N) is 2. The number of carboxylic acid groups (broad SMARTS) is 1. The van der Waals surface area contributed by atoms with Gasteiger partial charge in [-0.3, -0.25) is 4.79 Å². The van der Waals surface area contributed by atoms with Gasteiger partial charge in [-0.15, -0.1) is 0 Å². The summed E-state index contributed by atoms with van der Waals surface area (Å²) in [5.41, 5.74) is 2.54. The van der Waals surface area contributed by atoms with Gasteiger partial charge >= 0.3 is 5.97 Å². The molecule has 0 saturated heterocycles. The number of aryl methyl sites for hydroxylation is 1. The minimum atomic E-state index is -0.792. The number of anilines is 2. The first-order valence-electron chi connectivity index (χ1n) is 10.7. The molecule has 0 aliphatic carbocycles. The van der Waals surface area contributed by atoms with Crippen molar-refractivity contribution >= 4 is 39.3 Å². The summed E-state index contributed by atoms with van der Waals surface area (Å²) < 4.78 is 26.4. The van der Waals surface area contributed by atoms with Crippen molar-refractivity contribution in [3.8, 4) is 11.5 Å². The molecule has 2 aromatic carbocycles. The molecular formula is C24H25FN4O4. The van der Waals surface area contributed by atoms with Crippen LogP contribution in [0.5, 0.6) is 11.5 Å². The summed E-state index contributed by atoms with van der Waals surface area (Å²) in [6.45, 7) is 2.31. The molecule has 0 fully saturated rings. The van der Waals surface area contributed by atoms with Gasteiger partial charge in [-0.05, 0) is 50.5 Å². The molecule has 0 unspecified atom stereocenters. The molecule has 9 heteroatoms. The topological polar surface area (TPSA) is 109 Å². The lowest BCUT2D eigenvalue weighted by Crippen LogP contribution is -2.02. The molecule has 172 valence electrons. The van der Waals surface area contributed by atoms with E-state index in [1.165, 1.54) is 6.33 Å². The summed E-state index contributed by atoms with van der Waals surface area (Å²) in [5.74, 6) is 0.327. The monoisotopic (exact) mass is 452 g/mol. The Labute approximate surface area is 189 Å². The zero-order chi connectivity index (χ0) is 23.4. The van der Waals surface area contributed by atoms with Crippen molar-refractivity contribution in [3.05, 3.63) is 48.2 Å². The summed E-state index contributed by atoms with van der Waals surface area (Å²) in [5, 5.41) is 13.0. The molecule has 0 atom stereocenters. The van der Waals surface area contributed by atoms with Crippen LogP contribution < -0.4 is 14.8 Å². The number of carboxylic acids is 1. The summed E-state index contributed by atoms with van der Waals surface area (Å²) in [4.78, 5) is 22.3. The number of rotatable bonds is 10. The predicted molar refractivity (Wildman–Crippen MR) is 124 cm³/mol. The Morgan fingerprint density at radius 2 is 1.97 bits per heavy atom. The number of hydrogen-bond donors (Lipinski definition) is 3. The molecule has 0 aliphatic rings. The van der Waals surface area contributed by atoms with Crippen molar-refractivity contribution in [1.82, 2.24) is 15.0 Å². The highest BCUT2D eigenvalue weighted by Crippen LogP contribution is 2.35. The summed E-state index contributed by atoms with van der Waals surface area (Å²) in [6, 6.07) is 8.77. The van der Waals surface area contributed by atoms with Gasteiger partial charge in [0.1, 0.15) is 12.1 Å². The van der Waals surface area contributed by atoms with Gasteiger partial charge in [0.2, 0.25) is 0 Å². The minimum absolute atomic E-state index is 0.156. The van der Waals surface area contributed by atoms with Crippen LogP contribution in [-0.4, -0.2) is 39.7 Å². The Hall–Kier alpha value is -3.88. The number of unbranched alkanes of at least 4 members (excludes halogenated alkanes) is 2. The largest absolute Gasteiger partial charge is 0.493 e. The number of fused-ring (bicyclic) bond motifs is 2. The Bertz CT molecular complexity index is 1300. The van der Waals surface area contributed by atoms with Gasteiger partial charge in [0.05, 0.1) is 24.9 Å². The van der Waals surface area contributed by atoms with Crippen LogP contribution in [-0.2, 0) is 4.79 Å². The third-order valence-corrected chi connectivity index (χ3v) is 5.34. The molecule has 33 heavy (non-hydrogen) atoms. The zero-order valence-corrected chi connectivity index (χ0v) is 18.4. The molecule has 8 nitrogen and oxygen atoms in total. The average molecular weight is 452 g/mol. The molecule has 0 bridgehead atoms. The molecule has 3 N–H and O–H groups in total. The van der Waals surface area contributed by atoms with E-state index < -0.39 is 5.97 Å². The summed E-state index contributed by atoms with van der Waals surface area (Å²) >= 11 is 0. The maximum atomic E-state index is 15.0. The zero-order valence-electron chi connectivity index (χ0n) is 18.4. The highest BCUT2D eigenvalue weighted by atomic mass is 19.1. The second kappa shape index (κ2) is 9.72. The molecule has 2 heterocycles. The maximum absolute atomic E-state index is 15.0. The van der Waals surface area contributed by atoms with Crippen molar-refractivity contribution < 1.29 is 23.8 Å². The van der Waals surface area contributed by atoms with Gasteiger partial charge in [0, 0.05) is 34.5 Å². The van der Waals surface area contributed by atoms with Crippen molar-refractivity contribution in [2.24, 2.45) is 0 Å². The van der Waals surface area contributed by atoms with Crippen LogP contribution in [0.25, 0.3) is 21.8 Å². The second-order valence-electron chi connectivity index (χ2n) is 7.76. The number of benzene rings is 2. The lowest BCUT2D eigenvalue weighted by molar-refractivity contribution is -0.137. The number of H-pyrrole nitrogens is 1. The standard InChI is InChI=1S/C24H25FN4O4/c1-14-10-15-17(28-14)7-8-18(23(15)25)29-24-16-11-20(32-2)21(12-19(16)26-13-27-24)33-9-5-3-4-6-22(30)31/h7-8,10-13,28H,3-6,9H2,1-2H3,(H,30,31)(H,26,27,29). The highest BCUT2D eigenvalue weighted by molar-refractivity contribution is 5.94. The van der Waals surface area contributed by atoms with Crippen LogP contribution >= 0.6 is 0 Å². The lowest BCUT2D eigenvalue weighted by atomic mass is 10.1. The molecule has 0 radical (unpaired) electrons. The quantitative estimate of drug-likeness (QED) is 0.279. The fraction of sp³-hybridized carbons (Fsp3) is 0.292. The van der Waals surface area contributed by atoms with E-state index in [2.05, 4.69) is 20.3 Å². The lowest BCUT2D eigenvalue weighted by Gasteiger charge is -2.14. The third-order valence-electron chi connectivity index (χ3n) is 5.34. The number of halogens is 1. The van der Waals surface area contributed by atoms with Crippen molar-refractivity contribution in [2.45, 2.75) is 32.6 Å². The third kappa shape index (κ3) is 4.97. The van der Waals surface area contributed by atoms with Gasteiger partial charge in [-0.1, -0.05) is 0 Å². The first-order chi connectivity index (χ1) is 16.0. The van der Waals surface area contributed by atoms with Crippen molar-refractivity contribution in [1.29, 1.82) is 0 Å². The van der Waals surface area contributed by atoms with Gasteiger partial charge in [-0.25, -0.2) is 14.4 Å². The number of ether oxygens (including phenoxy) is 2. The normalized spacial score (nSPS) is 11.1. The smallest absolute Gasteiger partial charge is 0.303 e. The Kier molecular flexibility index (Phi) is 6.58. The maximum Gasteiger partial charge on any atom is 0.303 e. The molecule has 0 amide bonds. The summed E-state index contributed by atoms with van der Waals surface area (Å²) in [7, 11) is 1.54. The van der Waals surface area contributed by atoms with E-state index in [0.717, 1.165) is 24.1 Å². The summed E-state index contributed by atoms with van der Waals surface area (Å²) in [6.07, 6.45) is 3.66. The first kappa shape index (κ1) is 22.3. The fourth-order valence-corrected chi connectivity index (χ4v) is 3.71. The number of hydrogen-bond acceptors (Lipinski definition) is 6. The van der Waals surface area contributed by atoms with E-state index in [1.807, 2.05) is 13.0 Å². The van der Waals surface area contributed by atoms with Gasteiger partial charge in [-0.2, -0.15) is 0 Å². The number of aromatic amines is 1. The molecule has 0 aliphatic heterocycles. The minimum Gasteiger partial charge on any atom is -0.493 e. The van der Waals surface area contributed by atoms with E-state index in [-0.39, 0.29) is 12.2 Å². The molecule has 4 aromatic rings. The highest BCUT2D eigenvalue weighted by Gasteiger charge is 2.15. The van der Waals surface area contributed by atoms with Crippen LogP contribution in [0.2, 0.25) is 0 Å². The van der Waals surface area contributed by atoms with E-state index in [9.17, 15) is 4.79 Å². The van der Waals surface area contributed by atoms with Gasteiger partial charge < -0.3 is 24.9 Å². The molecule has 4 rings (SSSR count). The molecule has 2 aromatic heterocycles. The number of nitrogens with zero attached hydrogens (tertiary/aromatic N) is 2. The van der Waals surface area contributed by atoms with Crippen LogP contribution in [0.15, 0.2) is 36.7 Å². The van der Waals surface area contributed by atoms with Crippen LogP contribution in [0.1, 0.15) is 31.4 Å².